The number of nitrogens with zero attached hydrogens (tertiary/aromatic N) is 1. The number of rotatable bonds is 2. The predicted octanol–water partition coefficient (Wildman–Crippen LogP) is 1.35. The van der Waals surface area contributed by atoms with Gasteiger partial charge in [0.05, 0.1) is 11.7 Å². The van der Waals surface area contributed by atoms with Crippen LogP contribution in [0.1, 0.15) is 28.9 Å². The Balaban J connectivity index is 1.99. The molecule has 7 heteroatoms. The molecule has 2 N–H and O–H groups in total. The van der Waals surface area contributed by atoms with Crippen molar-refractivity contribution in [2.24, 2.45) is 0 Å². The lowest BCUT2D eigenvalue weighted by molar-refractivity contribution is -0.141. The van der Waals surface area contributed by atoms with Crippen LogP contribution in [0.15, 0.2) is 18.3 Å². The molecule has 2 rings (SSSR count). The van der Waals surface area contributed by atoms with E-state index in [-0.39, 0.29) is 11.6 Å². The first-order valence-electron chi connectivity index (χ1n) is 5.38. The number of halogens is 3. The highest BCUT2D eigenvalue weighted by molar-refractivity contribution is 5.94. The van der Waals surface area contributed by atoms with Gasteiger partial charge in [0, 0.05) is 12.2 Å². The number of aromatic nitrogens is 1. The number of alkyl halides is 3. The summed E-state index contributed by atoms with van der Waals surface area (Å²) in [5, 5.41) is 11.6. The third kappa shape index (κ3) is 2.79. The minimum atomic E-state index is -4.51. The van der Waals surface area contributed by atoms with Crippen LogP contribution in [0.2, 0.25) is 0 Å². The number of aliphatic hydroxyl groups is 1. The Morgan fingerprint density at radius 1 is 1.39 bits per heavy atom. The first-order valence-corrected chi connectivity index (χ1v) is 5.38. The van der Waals surface area contributed by atoms with Gasteiger partial charge in [-0.3, -0.25) is 9.78 Å². The van der Waals surface area contributed by atoms with E-state index in [2.05, 4.69) is 10.3 Å². The van der Waals surface area contributed by atoms with Gasteiger partial charge in [-0.15, -0.1) is 0 Å². The molecule has 0 bridgehead atoms. The largest absolute Gasteiger partial charge is 0.433 e. The molecule has 1 aromatic rings. The molecule has 1 aromatic heterocycles. The topological polar surface area (TPSA) is 62.2 Å². The maximum atomic E-state index is 12.2. The van der Waals surface area contributed by atoms with Gasteiger partial charge >= 0.3 is 6.18 Å². The number of carbonyl (C=O) groups is 1. The number of aliphatic hydroxyl groups excluding tert-OH is 1. The Morgan fingerprint density at radius 2 is 2.06 bits per heavy atom. The summed E-state index contributed by atoms with van der Waals surface area (Å²) in [6, 6.07) is 1.74. The molecule has 0 aromatic carbocycles. The normalized spacial score (nSPS) is 23.3. The van der Waals surface area contributed by atoms with Crippen molar-refractivity contribution < 1.29 is 23.1 Å². The highest BCUT2D eigenvalue weighted by atomic mass is 19.4. The second-order valence-corrected chi connectivity index (χ2v) is 4.23. The first-order chi connectivity index (χ1) is 8.36. The van der Waals surface area contributed by atoms with E-state index in [1.807, 2.05) is 0 Å². The van der Waals surface area contributed by atoms with Crippen LogP contribution < -0.4 is 5.32 Å². The Labute approximate surface area is 101 Å². The zero-order valence-corrected chi connectivity index (χ0v) is 9.24. The number of pyridine rings is 1. The van der Waals surface area contributed by atoms with E-state index in [0.717, 1.165) is 18.3 Å². The van der Waals surface area contributed by atoms with Crippen LogP contribution in [-0.4, -0.2) is 28.1 Å². The average Bonchev–Trinajstić information content (AvgIpc) is 2.26. The fourth-order valence-electron chi connectivity index (χ4n) is 1.67. The van der Waals surface area contributed by atoms with Gasteiger partial charge in [0.15, 0.2) is 0 Å². The molecule has 0 saturated heterocycles. The molecular formula is C11H11F3N2O2. The van der Waals surface area contributed by atoms with Crippen LogP contribution in [0.3, 0.4) is 0 Å². The van der Waals surface area contributed by atoms with E-state index in [0.29, 0.717) is 12.8 Å². The number of hydrogen-bond acceptors (Lipinski definition) is 3. The highest BCUT2D eigenvalue weighted by Gasteiger charge is 2.32. The minimum absolute atomic E-state index is 0.0735. The van der Waals surface area contributed by atoms with E-state index < -0.39 is 23.9 Å². The van der Waals surface area contributed by atoms with Crippen molar-refractivity contribution in [1.82, 2.24) is 10.3 Å². The van der Waals surface area contributed by atoms with Gasteiger partial charge in [-0.1, -0.05) is 0 Å². The van der Waals surface area contributed by atoms with E-state index in [1.165, 1.54) is 0 Å². The summed E-state index contributed by atoms with van der Waals surface area (Å²) >= 11 is 0. The second-order valence-electron chi connectivity index (χ2n) is 4.23. The van der Waals surface area contributed by atoms with Gasteiger partial charge < -0.3 is 10.4 Å². The zero-order chi connectivity index (χ0) is 13.3. The van der Waals surface area contributed by atoms with Crippen molar-refractivity contribution in [2.75, 3.05) is 0 Å². The monoisotopic (exact) mass is 260 g/mol. The molecule has 0 spiro atoms. The molecule has 0 unspecified atom stereocenters. The molecule has 1 heterocycles. The van der Waals surface area contributed by atoms with Crippen LogP contribution in [0.25, 0.3) is 0 Å². The summed E-state index contributed by atoms with van der Waals surface area (Å²) < 4.78 is 36.7. The second kappa shape index (κ2) is 4.56. The minimum Gasteiger partial charge on any atom is -0.393 e. The van der Waals surface area contributed by atoms with Crippen molar-refractivity contribution in [3.05, 3.63) is 29.6 Å². The van der Waals surface area contributed by atoms with E-state index in [1.54, 1.807) is 0 Å². The number of nitrogens with one attached hydrogen (secondary N) is 1. The lowest BCUT2D eigenvalue weighted by Crippen LogP contribution is -2.46. The number of hydrogen-bond donors (Lipinski definition) is 2. The number of carbonyl (C=O) groups excluding carboxylic acids is 1. The molecule has 1 saturated carbocycles. The van der Waals surface area contributed by atoms with Gasteiger partial charge in [0.1, 0.15) is 5.69 Å². The molecule has 1 aliphatic rings. The lowest BCUT2D eigenvalue weighted by atomic mass is 9.89. The summed E-state index contributed by atoms with van der Waals surface area (Å²) in [6.07, 6.45) is -3.07. The van der Waals surface area contributed by atoms with Crippen LogP contribution in [0.5, 0.6) is 0 Å². The van der Waals surface area contributed by atoms with Crippen molar-refractivity contribution >= 4 is 5.91 Å². The molecule has 1 amide bonds. The average molecular weight is 260 g/mol. The molecule has 0 radical (unpaired) electrons. The fraction of sp³-hybridized carbons (Fsp3) is 0.455. The predicted molar refractivity (Wildman–Crippen MR) is 55.7 cm³/mol. The summed E-state index contributed by atoms with van der Waals surface area (Å²) in [7, 11) is 0. The summed E-state index contributed by atoms with van der Waals surface area (Å²) in [4.78, 5) is 14.8. The molecule has 1 fully saturated rings. The molecule has 4 nitrogen and oxygen atoms in total. The highest BCUT2D eigenvalue weighted by Crippen LogP contribution is 2.27. The van der Waals surface area contributed by atoms with Gasteiger partial charge in [-0.2, -0.15) is 13.2 Å². The van der Waals surface area contributed by atoms with E-state index in [4.69, 9.17) is 5.11 Å². The maximum Gasteiger partial charge on any atom is 0.433 e. The van der Waals surface area contributed by atoms with Crippen LogP contribution >= 0.6 is 0 Å². The van der Waals surface area contributed by atoms with Crippen molar-refractivity contribution in [2.45, 2.75) is 31.2 Å². The molecule has 98 valence electrons. The standard InChI is InChI=1S/C11H11F3N2O2/c12-11(13,14)9-2-1-6(5-15-9)10(18)16-7-3-8(17)4-7/h1-2,5,7-8,17H,3-4H2,(H,16,18). The third-order valence-corrected chi connectivity index (χ3v) is 2.76. The van der Waals surface area contributed by atoms with Gasteiger partial charge in [0.2, 0.25) is 0 Å². The lowest BCUT2D eigenvalue weighted by Gasteiger charge is -2.31. The van der Waals surface area contributed by atoms with Gasteiger partial charge in [-0.05, 0) is 25.0 Å². The molecule has 0 aliphatic heterocycles. The Kier molecular flexibility index (Phi) is 3.25. The summed E-state index contributed by atoms with van der Waals surface area (Å²) in [6.45, 7) is 0. The summed E-state index contributed by atoms with van der Waals surface area (Å²) in [5.41, 5.74) is -0.956. The Bertz CT molecular complexity index is 439. The van der Waals surface area contributed by atoms with Crippen molar-refractivity contribution in [3.8, 4) is 0 Å². The quantitative estimate of drug-likeness (QED) is 0.843. The van der Waals surface area contributed by atoms with Gasteiger partial charge in [0.25, 0.3) is 5.91 Å². The fourth-order valence-corrected chi connectivity index (χ4v) is 1.67. The third-order valence-electron chi connectivity index (χ3n) is 2.76. The molecular weight excluding hydrogens is 249 g/mol. The maximum absolute atomic E-state index is 12.2. The smallest absolute Gasteiger partial charge is 0.393 e. The van der Waals surface area contributed by atoms with E-state index >= 15 is 0 Å². The Morgan fingerprint density at radius 3 is 2.50 bits per heavy atom. The van der Waals surface area contributed by atoms with Crippen LogP contribution in [-0.2, 0) is 6.18 Å². The molecule has 1 aliphatic carbocycles. The zero-order valence-electron chi connectivity index (χ0n) is 9.24. The van der Waals surface area contributed by atoms with Crippen molar-refractivity contribution in [3.63, 3.8) is 0 Å². The van der Waals surface area contributed by atoms with Crippen LogP contribution in [0, 0.1) is 0 Å². The SMILES string of the molecule is O=C(NC1CC(O)C1)c1ccc(C(F)(F)F)nc1. The Hall–Kier alpha value is -1.63. The number of amides is 1. The molecule has 18 heavy (non-hydrogen) atoms. The summed E-state index contributed by atoms with van der Waals surface area (Å²) in [5.74, 6) is -0.479. The van der Waals surface area contributed by atoms with E-state index in [9.17, 15) is 18.0 Å². The first kappa shape index (κ1) is 12.8. The van der Waals surface area contributed by atoms with Gasteiger partial charge in [-0.25, -0.2) is 0 Å². The molecule has 0 atom stereocenters. The van der Waals surface area contributed by atoms with Crippen LogP contribution in [0.4, 0.5) is 13.2 Å². The van der Waals surface area contributed by atoms with Crippen molar-refractivity contribution in [1.29, 1.82) is 0 Å².